The van der Waals surface area contributed by atoms with E-state index in [4.69, 9.17) is 5.73 Å². The molecule has 0 spiro atoms. The Labute approximate surface area is 99.6 Å². The first-order valence-electron chi connectivity index (χ1n) is 5.52. The number of nitro groups is 1. The molecule has 0 bridgehead atoms. The highest BCUT2D eigenvalue weighted by atomic mass is 16.6. The topological polar surface area (TPSA) is 69.2 Å². The molecule has 0 unspecified atom stereocenters. The maximum absolute atomic E-state index is 10.9. The van der Waals surface area contributed by atoms with E-state index in [9.17, 15) is 10.1 Å². The molecule has 4 nitrogen and oxygen atoms in total. The molecule has 0 amide bonds. The summed E-state index contributed by atoms with van der Waals surface area (Å²) >= 11 is 0. The molecular weight excluding hydrogens is 216 g/mol. The lowest BCUT2D eigenvalue weighted by atomic mass is 9.97. The summed E-state index contributed by atoms with van der Waals surface area (Å²) in [6.07, 6.45) is 7.35. The first kappa shape index (κ1) is 11.5. The highest BCUT2D eigenvalue weighted by Gasteiger charge is 2.14. The number of nitrogens with zero attached hydrogens (tertiary/aromatic N) is 1. The third-order valence-electron chi connectivity index (χ3n) is 2.75. The van der Waals surface area contributed by atoms with E-state index < -0.39 is 0 Å². The Kier molecular flexibility index (Phi) is 3.35. The fourth-order valence-corrected chi connectivity index (χ4v) is 1.95. The minimum atomic E-state index is -0.345. The molecule has 2 N–H and O–H groups in total. The number of allylic oxidation sites excluding steroid dienone is 2. The Morgan fingerprint density at radius 2 is 2.18 bits per heavy atom. The molecule has 0 saturated heterocycles. The molecule has 17 heavy (non-hydrogen) atoms. The average molecular weight is 230 g/mol. The molecule has 1 aliphatic carbocycles. The van der Waals surface area contributed by atoms with Gasteiger partial charge in [0.2, 0.25) is 0 Å². The van der Waals surface area contributed by atoms with Crippen molar-refractivity contribution in [3.63, 3.8) is 0 Å². The Hall–Kier alpha value is -1.94. The zero-order chi connectivity index (χ0) is 12.3. The summed E-state index contributed by atoms with van der Waals surface area (Å²) in [7, 11) is 0. The van der Waals surface area contributed by atoms with Gasteiger partial charge < -0.3 is 5.73 Å². The fraction of sp³-hybridized carbons (Fsp3) is 0.231. The van der Waals surface area contributed by atoms with Gasteiger partial charge in [0.1, 0.15) is 0 Å². The molecule has 0 aliphatic heterocycles. The number of benzene rings is 1. The average Bonchev–Trinajstić information content (AvgIpc) is 2.29. The van der Waals surface area contributed by atoms with Gasteiger partial charge in [0.05, 0.1) is 4.92 Å². The van der Waals surface area contributed by atoms with Crippen LogP contribution in [0.3, 0.4) is 0 Å². The third kappa shape index (κ3) is 2.79. The normalized spacial score (nSPS) is 18.9. The summed E-state index contributed by atoms with van der Waals surface area (Å²) in [5, 5.41) is 10.9. The van der Waals surface area contributed by atoms with Crippen LogP contribution >= 0.6 is 0 Å². The molecule has 1 aromatic rings. The SMILES string of the molecule is N[C@H]1C=C(Cc2ccccc2[N+](=O)[O-])C=CC1. The van der Waals surface area contributed by atoms with E-state index in [1.807, 2.05) is 24.3 Å². The maximum Gasteiger partial charge on any atom is 0.272 e. The second-order valence-electron chi connectivity index (χ2n) is 4.11. The van der Waals surface area contributed by atoms with Gasteiger partial charge in [0.15, 0.2) is 0 Å². The summed E-state index contributed by atoms with van der Waals surface area (Å²) in [4.78, 5) is 10.5. The van der Waals surface area contributed by atoms with Crippen LogP contribution in [0.5, 0.6) is 0 Å². The van der Waals surface area contributed by atoms with Crippen LogP contribution < -0.4 is 5.73 Å². The molecule has 0 heterocycles. The summed E-state index contributed by atoms with van der Waals surface area (Å²) < 4.78 is 0. The highest BCUT2D eigenvalue weighted by Crippen LogP contribution is 2.22. The number of nitrogens with two attached hydrogens (primary N) is 1. The van der Waals surface area contributed by atoms with Gasteiger partial charge in [-0.25, -0.2) is 0 Å². The predicted octanol–water partition coefficient (Wildman–Crippen LogP) is 2.35. The van der Waals surface area contributed by atoms with Crippen molar-refractivity contribution in [2.45, 2.75) is 18.9 Å². The smallest absolute Gasteiger partial charge is 0.272 e. The van der Waals surface area contributed by atoms with Crippen LogP contribution in [0.1, 0.15) is 12.0 Å². The van der Waals surface area contributed by atoms with Crippen molar-refractivity contribution in [3.05, 3.63) is 63.7 Å². The van der Waals surface area contributed by atoms with Gasteiger partial charge in [-0.2, -0.15) is 0 Å². The van der Waals surface area contributed by atoms with Crippen molar-refractivity contribution >= 4 is 5.69 Å². The predicted molar refractivity (Wildman–Crippen MR) is 66.6 cm³/mol. The minimum absolute atomic E-state index is 0.0257. The van der Waals surface area contributed by atoms with Crippen molar-refractivity contribution in [1.82, 2.24) is 0 Å². The van der Waals surface area contributed by atoms with Gasteiger partial charge in [-0.1, -0.05) is 36.4 Å². The molecule has 2 rings (SSSR count). The standard InChI is InChI=1S/C13H14N2O2/c14-12-6-3-4-10(9-12)8-11-5-1-2-7-13(11)15(16)17/h1-5,7,9,12H,6,8,14H2/t12-/m1/s1. The largest absolute Gasteiger partial charge is 0.324 e. The maximum atomic E-state index is 10.9. The lowest BCUT2D eigenvalue weighted by Gasteiger charge is -2.12. The Balaban J connectivity index is 2.24. The second-order valence-corrected chi connectivity index (χ2v) is 4.11. The lowest BCUT2D eigenvalue weighted by Crippen LogP contribution is -2.18. The molecule has 1 aliphatic rings. The lowest BCUT2D eigenvalue weighted by molar-refractivity contribution is -0.385. The van der Waals surface area contributed by atoms with Gasteiger partial charge in [-0.15, -0.1) is 0 Å². The molecule has 0 fully saturated rings. The van der Waals surface area contributed by atoms with E-state index >= 15 is 0 Å². The number of nitro benzene ring substituents is 1. The highest BCUT2D eigenvalue weighted by molar-refractivity contribution is 5.44. The van der Waals surface area contributed by atoms with E-state index in [-0.39, 0.29) is 16.7 Å². The number of para-hydroxylation sites is 1. The van der Waals surface area contributed by atoms with E-state index in [1.54, 1.807) is 12.1 Å². The molecule has 1 aromatic carbocycles. The van der Waals surface area contributed by atoms with Crippen LogP contribution in [-0.4, -0.2) is 11.0 Å². The van der Waals surface area contributed by atoms with Crippen LogP contribution in [0, 0.1) is 10.1 Å². The van der Waals surface area contributed by atoms with Crippen molar-refractivity contribution in [2.24, 2.45) is 5.73 Å². The monoisotopic (exact) mass is 230 g/mol. The zero-order valence-corrected chi connectivity index (χ0v) is 9.37. The van der Waals surface area contributed by atoms with Gasteiger partial charge in [-0.3, -0.25) is 10.1 Å². The van der Waals surface area contributed by atoms with Crippen LogP contribution in [0.15, 0.2) is 48.1 Å². The van der Waals surface area contributed by atoms with Crippen molar-refractivity contribution in [3.8, 4) is 0 Å². The summed E-state index contributed by atoms with van der Waals surface area (Å²) in [6, 6.07) is 6.83. The zero-order valence-electron chi connectivity index (χ0n) is 9.37. The second kappa shape index (κ2) is 4.93. The Bertz CT molecular complexity index is 492. The Morgan fingerprint density at radius 3 is 2.88 bits per heavy atom. The number of hydrogen-bond donors (Lipinski definition) is 1. The number of hydrogen-bond acceptors (Lipinski definition) is 3. The molecule has 0 saturated carbocycles. The van der Waals surface area contributed by atoms with Crippen LogP contribution in [-0.2, 0) is 6.42 Å². The molecule has 1 atom stereocenters. The third-order valence-corrected chi connectivity index (χ3v) is 2.75. The Morgan fingerprint density at radius 1 is 1.41 bits per heavy atom. The molecule has 0 aromatic heterocycles. The fourth-order valence-electron chi connectivity index (χ4n) is 1.95. The minimum Gasteiger partial charge on any atom is -0.324 e. The van der Waals surface area contributed by atoms with Crippen molar-refractivity contribution in [2.75, 3.05) is 0 Å². The van der Waals surface area contributed by atoms with E-state index in [0.717, 1.165) is 17.6 Å². The summed E-state index contributed by atoms with van der Waals surface area (Å²) in [6.45, 7) is 0. The van der Waals surface area contributed by atoms with E-state index in [2.05, 4.69) is 0 Å². The van der Waals surface area contributed by atoms with Gasteiger partial charge in [0.25, 0.3) is 5.69 Å². The first-order valence-corrected chi connectivity index (χ1v) is 5.52. The van der Waals surface area contributed by atoms with E-state index in [0.29, 0.717) is 6.42 Å². The quantitative estimate of drug-likeness (QED) is 0.640. The summed E-state index contributed by atoms with van der Waals surface area (Å²) in [5.41, 5.74) is 7.75. The van der Waals surface area contributed by atoms with Crippen LogP contribution in [0.4, 0.5) is 5.69 Å². The number of rotatable bonds is 3. The van der Waals surface area contributed by atoms with Crippen molar-refractivity contribution < 1.29 is 4.92 Å². The molecule has 4 heteroatoms. The van der Waals surface area contributed by atoms with Gasteiger partial charge in [-0.05, 0) is 12.0 Å². The van der Waals surface area contributed by atoms with Crippen LogP contribution in [0.2, 0.25) is 0 Å². The van der Waals surface area contributed by atoms with Crippen LogP contribution in [0.25, 0.3) is 0 Å². The first-order chi connectivity index (χ1) is 8.16. The molecular formula is C13H14N2O2. The van der Waals surface area contributed by atoms with Crippen molar-refractivity contribution in [1.29, 1.82) is 0 Å². The molecule has 0 radical (unpaired) electrons. The summed E-state index contributed by atoms with van der Waals surface area (Å²) in [5.74, 6) is 0. The molecule has 88 valence electrons. The van der Waals surface area contributed by atoms with E-state index in [1.165, 1.54) is 6.07 Å². The van der Waals surface area contributed by atoms with Gasteiger partial charge >= 0.3 is 0 Å². The van der Waals surface area contributed by atoms with Gasteiger partial charge in [0, 0.05) is 24.1 Å².